The van der Waals surface area contributed by atoms with Gasteiger partial charge >= 0.3 is 0 Å². The molecule has 2 aromatic rings. The van der Waals surface area contributed by atoms with E-state index in [0.29, 0.717) is 25.4 Å². The highest BCUT2D eigenvalue weighted by Crippen LogP contribution is 2.13. The maximum atomic E-state index is 12.0. The molecule has 0 fully saturated rings. The van der Waals surface area contributed by atoms with Gasteiger partial charge in [-0.3, -0.25) is 4.79 Å². The van der Waals surface area contributed by atoms with Crippen molar-refractivity contribution < 1.29 is 4.79 Å². The number of benzene rings is 1. The molecule has 0 unspecified atom stereocenters. The van der Waals surface area contributed by atoms with Gasteiger partial charge in [-0.25, -0.2) is 4.98 Å². The maximum Gasteiger partial charge on any atom is 0.226 e. The SMILES string of the molecule is CC(C)c1nccn1CCC(=O)Nc1ccc(CN)cc1. The number of aromatic nitrogens is 2. The van der Waals surface area contributed by atoms with Crippen molar-refractivity contribution in [1.29, 1.82) is 0 Å². The normalized spacial score (nSPS) is 10.9. The molecule has 1 aromatic carbocycles. The Morgan fingerprint density at radius 3 is 2.67 bits per heavy atom. The highest BCUT2D eigenvalue weighted by Gasteiger charge is 2.09. The molecule has 3 N–H and O–H groups in total. The van der Waals surface area contributed by atoms with Crippen molar-refractivity contribution in [2.45, 2.75) is 39.3 Å². The van der Waals surface area contributed by atoms with Crippen molar-refractivity contribution >= 4 is 11.6 Å². The molecule has 21 heavy (non-hydrogen) atoms. The first-order valence-corrected chi connectivity index (χ1v) is 7.20. The fourth-order valence-corrected chi connectivity index (χ4v) is 2.18. The van der Waals surface area contributed by atoms with Gasteiger partial charge in [0, 0.05) is 43.5 Å². The Hall–Kier alpha value is -2.14. The zero-order valence-electron chi connectivity index (χ0n) is 12.5. The van der Waals surface area contributed by atoms with Gasteiger partial charge < -0.3 is 15.6 Å². The second-order valence-electron chi connectivity index (χ2n) is 5.33. The quantitative estimate of drug-likeness (QED) is 0.857. The molecule has 0 radical (unpaired) electrons. The Kier molecular flexibility index (Phi) is 5.11. The average Bonchev–Trinajstić information content (AvgIpc) is 2.94. The van der Waals surface area contributed by atoms with Crippen LogP contribution >= 0.6 is 0 Å². The molecule has 112 valence electrons. The minimum absolute atomic E-state index is 0.00101. The van der Waals surface area contributed by atoms with Crippen LogP contribution in [0.3, 0.4) is 0 Å². The minimum Gasteiger partial charge on any atom is -0.334 e. The topological polar surface area (TPSA) is 72.9 Å². The van der Waals surface area contributed by atoms with Crippen molar-refractivity contribution in [3.05, 3.63) is 48.0 Å². The number of hydrogen-bond acceptors (Lipinski definition) is 3. The van der Waals surface area contributed by atoms with Gasteiger partial charge in [-0.15, -0.1) is 0 Å². The molecule has 0 spiro atoms. The zero-order valence-corrected chi connectivity index (χ0v) is 12.5. The summed E-state index contributed by atoms with van der Waals surface area (Å²) in [5.74, 6) is 1.36. The summed E-state index contributed by atoms with van der Waals surface area (Å²) in [4.78, 5) is 16.3. The van der Waals surface area contributed by atoms with Gasteiger partial charge in [-0.1, -0.05) is 26.0 Å². The maximum absolute atomic E-state index is 12.0. The Morgan fingerprint density at radius 1 is 1.33 bits per heavy atom. The molecule has 2 rings (SSSR count). The first-order valence-electron chi connectivity index (χ1n) is 7.20. The lowest BCUT2D eigenvalue weighted by atomic mass is 10.2. The fraction of sp³-hybridized carbons (Fsp3) is 0.375. The molecular weight excluding hydrogens is 264 g/mol. The summed E-state index contributed by atoms with van der Waals surface area (Å²) in [5, 5.41) is 2.89. The summed E-state index contributed by atoms with van der Waals surface area (Å²) in [6.45, 7) is 5.34. The van der Waals surface area contributed by atoms with Crippen LogP contribution < -0.4 is 11.1 Å². The van der Waals surface area contributed by atoms with Crippen LogP contribution in [0.5, 0.6) is 0 Å². The smallest absolute Gasteiger partial charge is 0.226 e. The molecule has 1 aromatic heterocycles. The van der Waals surface area contributed by atoms with Gasteiger partial charge in [-0.05, 0) is 17.7 Å². The largest absolute Gasteiger partial charge is 0.334 e. The molecule has 5 heteroatoms. The van der Waals surface area contributed by atoms with Gasteiger partial charge in [0.1, 0.15) is 5.82 Å². The van der Waals surface area contributed by atoms with Crippen molar-refractivity contribution in [3.63, 3.8) is 0 Å². The number of carbonyl (C=O) groups excluding carboxylic acids is 1. The van der Waals surface area contributed by atoms with Crippen molar-refractivity contribution in [1.82, 2.24) is 9.55 Å². The molecule has 1 heterocycles. The van der Waals surface area contributed by atoms with E-state index < -0.39 is 0 Å². The number of nitrogens with zero attached hydrogens (tertiary/aromatic N) is 2. The number of hydrogen-bond donors (Lipinski definition) is 2. The number of imidazole rings is 1. The van der Waals surface area contributed by atoms with E-state index in [0.717, 1.165) is 17.1 Å². The van der Waals surface area contributed by atoms with E-state index in [1.54, 1.807) is 6.20 Å². The molecule has 0 aliphatic carbocycles. The molecule has 5 nitrogen and oxygen atoms in total. The highest BCUT2D eigenvalue weighted by molar-refractivity contribution is 5.90. The summed E-state index contributed by atoms with van der Waals surface area (Å²) in [6, 6.07) is 7.58. The Balaban J connectivity index is 1.88. The van der Waals surface area contributed by atoms with Crippen molar-refractivity contribution in [2.75, 3.05) is 5.32 Å². The number of carbonyl (C=O) groups is 1. The third kappa shape index (κ3) is 4.16. The van der Waals surface area contributed by atoms with Gasteiger partial charge in [-0.2, -0.15) is 0 Å². The van der Waals surface area contributed by atoms with E-state index in [-0.39, 0.29) is 5.91 Å². The Morgan fingerprint density at radius 2 is 2.05 bits per heavy atom. The third-order valence-electron chi connectivity index (χ3n) is 3.32. The average molecular weight is 286 g/mol. The monoisotopic (exact) mass is 286 g/mol. The van der Waals surface area contributed by atoms with Crippen LogP contribution in [0.4, 0.5) is 5.69 Å². The van der Waals surface area contributed by atoms with Crippen LogP contribution in [0.15, 0.2) is 36.7 Å². The summed E-state index contributed by atoms with van der Waals surface area (Å²) in [7, 11) is 0. The Labute approximate surface area is 125 Å². The fourth-order valence-electron chi connectivity index (χ4n) is 2.18. The van der Waals surface area contributed by atoms with Gasteiger partial charge in [0.15, 0.2) is 0 Å². The predicted molar refractivity (Wildman–Crippen MR) is 83.9 cm³/mol. The van der Waals surface area contributed by atoms with Gasteiger partial charge in [0.2, 0.25) is 5.91 Å². The van der Waals surface area contributed by atoms with Crippen LogP contribution in [0.25, 0.3) is 0 Å². The first-order chi connectivity index (χ1) is 10.1. The third-order valence-corrected chi connectivity index (χ3v) is 3.32. The molecule has 0 atom stereocenters. The second-order valence-corrected chi connectivity index (χ2v) is 5.33. The van der Waals surface area contributed by atoms with E-state index in [9.17, 15) is 4.79 Å². The van der Waals surface area contributed by atoms with Crippen molar-refractivity contribution in [3.8, 4) is 0 Å². The van der Waals surface area contributed by atoms with E-state index in [1.165, 1.54) is 0 Å². The number of amides is 1. The van der Waals surface area contributed by atoms with Crippen LogP contribution in [-0.4, -0.2) is 15.5 Å². The zero-order chi connectivity index (χ0) is 15.2. The molecule has 0 aliphatic rings. The highest BCUT2D eigenvalue weighted by atomic mass is 16.1. The summed E-state index contributed by atoms with van der Waals surface area (Å²) >= 11 is 0. The predicted octanol–water partition coefficient (Wildman–Crippen LogP) is 2.49. The van der Waals surface area contributed by atoms with Crippen LogP contribution in [0, 0.1) is 0 Å². The lowest BCUT2D eigenvalue weighted by molar-refractivity contribution is -0.116. The molecular formula is C16H22N4O. The first kappa shape index (κ1) is 15.3. The minimum atomic E-state index is -0.00101. The molecule has 1 amide bonds. The number of rotatable bonds is 6. The molecule has 0 bridgehead atoms. The number of anilines is 1. The van der Waals surface area contributed by atoms with E-state index in [2.05, 4.69) is 24.1 Å². The molecule has 0 aliphatic heterocycles. The van der Waals surface area contributed by atoms with Crippen LogP contribution in [0.1, 0.15) is 37.6 Å². The molecule has 0 saturated heterocycles. The van der Waals surface area contributed by atoms with Crippen LogP contribution in [0.2, 0.25) is 0 Å². The van der Waals surface area contributed by atoms with Crippen molar-refractivity contribution in [2.24, 2.45) is 5.73 Å². The van der Waals surface area contributed by atoms with E-state index >= 15 is 0 Å². The van der Waals surface area contributed by atoms with Crippen LogP contribution in [-0.2, 0) is 17.9 Å². The van der Waals surface area contributed by atoms with Gasteiger partial charge in [0.25, 0.3) is 0 Å². The number of nitrogens with one attached hydrogen (secondary N) is 1. The standard InChI is InChI=1S/C16H22N4O/c1-12(2)16-18-8-10-20(16)9-7-15(21)19-14-5-3-13(11-17)4-6-14/h3-6,8,10,12H,7,9,11,17H2,1-2H3,(H,19,21). The lowest BCUT2D eigenvalue weighted by Gasteiger charge is -2.10. The molecule has 0 saturated carbocycles. The summed E-state index contributed by atoms with van der Waals surface area (Å²) in [5.41, 5.74) is 7.39. The summed E-state index contributed by atoms with van der Waals surface area (Å²) < 4.78 is 2.03. The Bertz CT molecular complexity index is 587. The van der Waals surface area contributed by atoms with E-state index in [1.807, 2.05) is 35.0 Å². The van der Waals surface area contributed by atoms with E-state index in [4.69, 9.17) is 5.73 Å². The summed E-state index contributed by atoms with van der Waals surface area (Å²) in [6.07, 6.45) is 4.12. The number of nitrogens with two attached hydrogens (primary N) is 1. The second kappa shape index (κ2) is 7.04. The number of aryl methyl sites for hydroxylation is 1. The van der Waals surface area contributed by atoms with Gasteiger partial charge in [0.05, 0.1) is 0 Å². The lowest BCUT2D eigenvalue weighted by Crippen LogP contribution is -2.15.